The Hall–Kier alpha value is -0.500. The van der Waals surface area contributed by atoms with Crippen LogP contribution in [0.2, 0.25) is 0 Å². The molecular weight excluding hydrogens is 424 g/mol. The molecule has 1 unspecified atom stereocenters. The molecule has 0 spiro atoms. The summed E-state index contributed by atoms with van der Waals surface area (Å²) in [4.78, 5) is 4.26. The van der Waals surface area contributed by atoms with Gasteiger partial charge in [-0.3, -0.25) is 4.99 Å². The highest BCUT2D eigenvalue weighted by Gasteiger charge is 2.24. The molecule has 0 aliphatic carbocycles. The molecule has 0 aromatic heterocycles. The number of thioether (sulfide) groups is 1. The van der Waals surface area contributed by atoms with E-state index in [1.807, 2.05) is 37.7 Å². The van der Waals surface area contributed by atoms with Crippen LogP contribution in [0.4, 0.5) is 4.39 Å². The van der Waals surface area contributed by atoms with E-state index in [-0.39, 0.29) is 35.2 Å². The lowest BCUT2D eigenvalue weighted by Gasteiger charge is -2.27. The Morgan fingerprint density at radius 3 is 2.70 bits per heavy atom. The Labute approximate surface area is 160 Å². The normalized spacial score (nSPS) is 18.4. The van der Waals surface area contributed by atoms with Crippen LogP contribution in [0, 0.1) is 5.82 Å². The maximum atomic E-state index is 14.0. The monoisotopic (exact) mass is 451 g/mol. The summed E-state index contributed by atoms with van der Waals surface area (Å²) >= 11 is 2.02. The smallest absolute Gasteiger partial charge is 0.191 e. The molecule has 2 N–H and O–H groups in total. The third-order valence-corrected chi connectivity index (χ3v) is 5.44. The van der Waals surface area contributed by atoms with Crippen LogP contribution in [0.1, 0.15) is 32.3 Å². The lowest BCUT2D eigenvalue weighted by molar-refractivity contribution is 0.473. The average Bonchev–Trinajstić information content (AvgIpc) is 3.01. The van der Waals surface area contributed by atoms with Crippen molar-refractivity contribution in [3.05, 3.63) is 35.6 Å². The standard InChI is InChI=1S/C17H26FN3S.HI/c1-17(2,14-8-4-5-9-15(14)18)12-21-16(19-3)20-11-13-7-6-10-22-13;/h4-5,8-9,13H,6-7,10-12H2,1-3H3,(H2,19,20,21);1H. The summed E-state index contributed by atoms with van der Waals surface area (Å²) in [5.41, 5.74) is 0.426. The molecule has 0 amide bonds. The Kier molecular flexibility index (Phi) is 8.68. The van der Waals surface area contributed by atoms with Crippen molar-refractivity contribution in [3.8, 4) is 0 Å². The SMILES string of the molecule is CN=C(NCC1CCCS1)NCC(C)(C)c1ccccc1F.I. The number of halogens is 2. The van der Waals surface area contributed by atoms with Gasteiger partial charge in [0.2, 0.25) is 0 Å². The third kappa shape index (κ3) is 6.14. The van der Waals surface area contributed by atoms with E-state index in [4.69, 9.17) is 0 Å². The number of hydrogen-bond acceptors (Lipinski definition) is 2. The predicted molar refractivity (Wildman–Crippen MR) is 110 cm³/mol. The highest BCUT2D eigenvalue weighted by Crippen LogP contribution is 2.26. The van der Waals surface area contributed by atoms with Gasteiger partial charge in [-0.2, -0.15) is 11.8 Å². The number of rotatable bonds is 5. The molecule has 6 heteroatoms. The van der Waals surface area contributed by atoms with Crippen molar-refractivity contribution >= 4 is 41.7 Å². The summed E-state index contributed by atoms with van der Waals surface area (Å²) in [5, 5.41) is 7.38. The Bertz CT molecular complexity index is 516. The van der Waals surface area contributed by atoms with Crippen molar-refractivity contribution < 1.29 is 4.39 Å². The van der Waals surface area contributed by atoms with E-state index in [1.54, 1.807) is 13.1 Å². The highest BCUT2D eigenvalue weighted by atomic mass is 127. The number of guanidine groups is 1. The van der Waals surface area contributed by atoms with Crippen LogP contribution in [0.25, 0.3) is 0 Å². The second kappa shape index (κ2) is 9.71. The number of nitrogens with zero attached hydrogens (tertiary/aromatic N) is 1. The molecule has 0 radical (unpaired) electrons. The van der Waals surface area contributed by atoms with E-state index in [1.165, 1.54) is 24.7 Å². The van der Waals surface area contributed by atoms with Crippen LogP contribution in [-0.4, -0.2) is 37.1 Å². The van der Waals surface area contributed by atoms with Crippen molar-refractivity contribution in [2.24, 2.45) is 4.99 Å². The Morgan fingerprint density at radius 2 is 2.09 bits per heavy atom. The molecule has 0 saturated carbocycles. The second-order valence-corrected chi connectivity index (χ2v) is 7.71. The summed E-state index contributed by atoms with van der Waals surface area (Å²) in [7, 11) is 1.77. The van der Waals surface area contributed by atoms with E-state index >= 15 is 0 Å². The van der Waals surface area contributed by atoms with Gasteiger partial charge in [0.05, 0.1) is 0 Å². The number of hydrogen-bond donors (Lipinski definition) is 2. The number of benzene rings is 1. The minimum atomic E-state index is -0.301. The van der Waals surface area contributed by atoms with Crippen LogP contribution < -0.4 is 10.6 Å². The third-order valence-electron chi connectivity index (χ3n) is 4.05. The van der Waals surface area contributed by atoms with Crippen molar-refractivity contribution in [1.29, 1.82) is 0 Å². The molecule has 1 heterocycles. The maximum Gasteiger partial charge on any atom is 0.191 e. The summed E-state index contributed by atoms with van der Waals surface area (Å²) in [6, 6.07) is 6.97. The van der Waals surface area contributed by atoms with Gasteiger partial charge >= 0.3 is 0 Å². The molecule has 130 valence electrons. The van der Waals surface area contributed by atoms with Crippen LogP contribution in [0.15, 0.2) is 29.3 Å². The van der Waals surface area contributed by atoms with Crippen molar-refractivity contribution in [1.82, 2.24) is 10.6 Å². The largest absolute Gasteiger partial charge is 0.356 e. The molecule has 23 heavy (non-hydrogen) atoms. The van der Waals surface area contributed by atoms with Gasteiger partial charge in [0, 0.05) is 30.8 Å². The van der Waals surface area contributed by atoms with Gasteiger partial charge in [-0.15, -0.1) is 24.0 Å². The van der Waals surface area contributed by atoms with Crippen molar-refractivity contribution in [3.63, 3.8) is 0 Å². The highest BCUT2D eigenvalue weighted by molar-refractivity contribution is 14.0. The van der Waals surface area contributed by atoms with Crippen LogP contribution in [0.3, 0.4) is 0 Å². The first kappa shape index (κ1) is 20.5. The zero-order valence-corrected chi connectivity index (χ0v) is 17.2. The lowest BCUT2D eigenvalue weighted by atomic mass is 9.84. The molecule has 1 atom stereocenters. The lowest BCUT2D eigenvalue weighted by Crippen LogP contribution is -2.45. The van der Waals surface area contributed by atoms with Gasteiger partial charge in [0.1, 0.15) is 5.82 Å². The molecule has 1 fully saturated rings. The van der Waals surface area contributed by atoms with Gasteiger partial charge < -0.3 is 10.6 Å². The van der Waals surface area contributed by atoms with E-state index in [2.05, 4.69) is 15.6 Å². The van der Waals surface area contributed by atoms with Crippen LogP contribution in [-0.2, 0) is 5.41 Å². The second-order valence-electron chi connectivity index (χ2n) is 6.31. The average molecular weight is 451 g/mol. The quantitative estimate of drug-likeness (QED) is 0.407. The fourth-order valence-corrected chi connectivity index (χ4v) is 3.85. The summed E-state index contributed by atoms with van der Waals surface area (Å²) in [6.07, 6.45) is 2.58. The fourth-order valence-electron chi connectivity index (χ4n) is 2.65. The van der Waals surface area contributed by atoms with E-state index in [0.29, 0.717) is 11.8 Å². The molecule has 1 aromatic rings. The van der Waals surface area contributed by atoms with Crippen molar-refractivity contribution in [2.45, 2.75) is 37.4 Å². The molecular formula is C17H27FIN3S. The van der Waals surface area contributed by atoms with Gasteiger partial charge in [0.15, 0.2) is 5.96 Å². The molecule has 0 bridgehead atoms. The molecule has 1 aromatic carbocycles. The van der Waals surface area contributed by atoms with Crippen LogP contribution >= 0.6 is 35.7 Å². The van der Waals surface area contributed by atoms with Crippen LogP contribution in [0.5, 0.6) is 0 Å². The number of nitrogens with one attached hydrogen (secondary N) is 2. The van der Waals surface area contributed by atoms with E-state index in [0.717, 1.165) is 18.1 Å². The fraction of sp³-hybridized carbons (Fsp3) is 0.588. The first-order chi connectivity index (χ1) is 10.5. The molecule has 1 aliphatic heterocycles. The van der Waals surface area contributed by atoms with Gasteiger partial charge in [-0.05, 0) is 30.2 Å². The molecule has 1 aliphatic rings. The Morgan fingerprint density at radius 1 is 1.35 bits per heavy atom. The van der Waals surface area contributed by atoms with Gasteiger partial charge in [-0.1, -0.05) is 32.0 Å². The molecule has 3 nitrogen and oxygen atoms in total. The predicted octanol–water partition coefficient (Wildman–Crippen LogP) is 3.78. The minimum Gasteiger partial charge on any atom is -0.356 e. The van der Waals surface area contributed by atoms with Gasteiger partial charge in [-0.25, -0.2) is 4.39 Å². The maximum absolute atomic E-state index is 14.0. The van der Waals surface area contributed by atoms with Crippen molar-refractivity contribution in [2.75, 3.05) is 25.9 Å². The topological polar surface area (TPSA) is 36.4 Å². The van der Waals surface area contributed by atoms with E-state index in [9.17, 15) is 4.39 Å². The zero-order valence-electron chi connectivity index (χ0n) is 14.1. The minimum absolute atomic E-state index is 0. The molecule has 2 rings (SSSR count). The molecule has 1 saturated heterocycles. The summed E-state index contributed by atoms with van der Waals surface area (Å²) < 4.78 is 14.0. The van der Waals surface area contributed by atoms with E-state index < -0.39 is 0 Å². The first-order valence-corrected chi connectivity index (χ1v) is 8.89. The Balaban J connectivity index is 0.00000264. The zero-order chi connectivity index (χ0) is 16.0. The number of aliphatic imine (C=N–C) groups is 1. The summed E-state index contributed by atoms with van der Waals surface area (Å²) in [5.74, 6) is 1.90. The summed E-state index contributed by atoms with van der Waals surface area (Å²) in [6.45, 7) is 5.65. The van der Waals surface area contributed by atoms with Gasteiger partial charge in [0.25, 0.3) is 0 Å². The first-order valence-electron chi connectivity index (χ1n) is 7.84.